The smallest absolute Gasteiger partial charge is 0.148 e. The van der Waals surface area contributed by atoms with Gasteiger partial charge >= 0.3 is 0 Å². The van der Waals surface area contributed by atoms with Gasteiger partial charge in [-0.3, -0.25) is 9.55 Å². The van der Waals surface area contributed by atoms with E-state index in [2.05, 4.69) is 11.1 Å². The Hall–Kier alpha value is -5.57. The Balaban J connectivity index is 0.00000861. The molecule has 60 heavy (non-hydrogen) atoms. The molecular formula is C55H54N3OPt-. The summed E-state index contributed by atoms with van der Waals surface area (Å²) in [4.78, 5) is 9.71. The molecule has 0 aliphatic heterocycles. The van der Waals surface area contributed by atoms with E-state index in [4.69, 9.17) is 26.9 Å². The quantitative estimate of drug-likeness (QED) is 0.169. The summed E-state index contributed by atoms with van der Waals surface area (Å²) in [5.41, 5.74) is -0.698. The van der Waals surface area contributed by atoms with Crippen molar-refractivity contribution in [2.24, 2.45) is 0 Å². The molecule has 8 aromatic rings. The summed E-state index contributed by atoms with van der Waals surface area (Å²) >= 11 is 0. The average molecular weight is 985 g/mol. The van der Waals surface area contributed by atoms with Crippen LogP contribution in [-0.2, 0) is 37.3 Å². The first-order valence-corrected chi connectivity index (χ1v) is 19.2. The van der Waals surface area contributed by atoms with Crippen LogP contribution in [0.5, 0.6) is 5.75 Å². The first-order chi connectivity index (χ1) is 35.0. The molecule has 8 rings (SSSR count). The maximum atomic E-state index is 12.4. The molecule has 306 valence electrons. The third-order valence-electron chi connectivity index (χ3n) is 10.4. The van der Waals surface area contributed by atoms with Crippen molar-refractivity contribution in [3.63, 3.8) is 0 Å². The van der Waals surface area contributed by atoms with E-state index < -0.39 is 96.4 Å². The van der Waals surface area contributed by atoms with Crippen molar-refractivity contribution < 1.29 is 49.5 Å². The van der Waals surface area contributed by atoms with E-state index in [1.807, 2.05) is 60.6 Å². The number of imidazole rings is 1. The van der Waals surface area contributed by atoms with Gasteiger partial charge in [-0.2, -0.15) is 0 Å². The molecule has 2 aromatic heterocycles. The molecule has 6 aromatic carbocycles. The number of nitrogens with zero attached hydrogens (tertiary/aromatic N) is 3. The minimum Gasteiger partial charge on any atom is -0.507 e. The largest absolute Gasteiger partial charge is 0.507 e. The van der Waals surface area contributed by atoms with Gasteiger partial charge in [0, 0.05) is 56.4 Å². The monoisotopic (exact) mass is 984 g/mol. The van der Waals surface area contributed by atoms with Crippen LogP contribution in [0.1, 0.15) is 108 Å². The molecule has 0 radical (unpaired) electrons. The molecule has 0 aliphatic carbocycles. The van der Waals surface area contributed by atoms with Crippen molar-refractivity contribution in [1.82, 2.24) is 14.5 Å². The number of phenols is 1. The number of rotatable bonds is 6. The Morgan fingerprint density at radius 3 is 2.10 bits per heavy atom. The number of phenolic OH excluding ortho intramolecular Hbond substituents is 1. The molecule has 0 bridgehead atoms. The fourth-order valence-electron chi connectivity index (χ4n) is 7.30. The van der Waals surface area contributed by atoms with Gasteiger partial charge in [0.1, 0.15) is 11.6 Å². The zero-order valence-corrected chi connectivity index (χ0v) is 36.5. The zero-order chi connectivity index (χ0) is 56.3. The van der Waals surface area contributed by atoms with Crippen LogP contribution in [0.3, 0.4) is 0 Å². The summed E-state index contributed by atoms with van der Waals surface area (Å²) in [6.07, 6.45) is -0.615. The SMILES string of the molecule is [2H]c1nc(-c2[c-]c(-c3cccc4c3nc(-c3cc(C)cc(C(C)(C)C)c3O)n4-c3ccc(C(C([2H])([2H])[2H])(C([2H])([2H])[2H])C([2H])([2H])[2H])cc3-c3ccccc3)cc(C(C)(C)C)c2)c([2H])c(-c2c([2H])c([2H])c([2H])c([2H])c2[2H])c1[2H].[Pt]. The molecule has 0 saturated carbocycles. The number of para-hydroxylation sites is 1. The van der Waals surface area contributed by atoms with Crippen LogP contribution >= 0.6 is 0 Å². The maximum Gasteiger partial charge on any atom is 0.148 e. The summed E-state index contributed by atoms with van der Waals surface area (Å²) in [6.45, 7) is 2.93. The number of hydrogen-bond acceptors (Lipinski definition) is 3. The molecular weight excluding hydrogens is 914 g/mol. The first-order valence-electron chi connectivity index (χ1n) is 27.7. The molecule has 2 heterocycles. The van der Waals surface area contributed by atoms with E-state index in [9.17, 15) is 6.48 Å². The second-order valence-corrected chi connectivity index (χ2v) is 16.9. The predicted molar refractivity (Wildman–Crippen MR) is 247 cm³/mol. The second kappa shape index (κ2) is 16.1. The van der Waals surface area contributed by atoms with E-state index >= 15 is 0 Å². The normalized spacial score (nSPS) is 16.8. The molecule has 0 amide bonds. The number of benzene rings is 6. The Labute approximate surface area is 394 Å². The van der Waals surface area contributed by atoms with Crippen LogP contribution in [0.15, 0.2) is 139 Å². The summed E-state index contributed by atoms with van der Waals surface area (Å²) in [5.74, 6) is 0.111. The van der Waals surface area contributed by atoms with E-state index in [-0.39, 0.29) is 55.0 Å². The molecule has 0 saturated heterocycles. The van der Waals surface area contributed by atoms with E-state index in [1.54, 1.807) is 65.2 Å². The van der Waals surface area contributed by atoms with Crippen LogP contribution in [0, 0.1) is 13.0 Å². The Bertz CT molecular complexity index is 3580. The standard InChI is InChI=1S/C55H54N3O.Pt/c1-35-28-45(51(59)46(29-35)55(8,9)10)52-57-50-43(22-17-23-49(50)58(52)48-25-24-41(53(2,3)4)34-44(48)37-20-15-12-16-21-37)39-30-40(32-42(31-39)54(5,6)7)47-33-38(26-27-56-47)36-18-13-11-14-19-36;/h11-29,31-34,59H,1-10H3;/q-1;/i2D3,3D3,4D3,11D,13D,14D,18D,19D,26D,27D,33D;. The van der Waals surface area contributed by atoms with Crippen molar-refractivity contribution in [2.45, 2.75) is 85.3 Å². The van der Waals surface area contributed by atoms with Gasteiger partial charge < -0.3 is 5.11 Å². The summed E-state index contributed by atoms with van der Waals surface area (Å²) in [7, 11) is 0. The molecule has 4 nitrogen and oxygen atoms in total. The Morgan fingerprint density at radius 2 is 1.40 bits per heavy atom. The predicted octanol–water partition coefficient (Wildman–Crippen LogP) is 14.5. The van der Waals surface area contributed by atoms with Crippen molar-refractivity contribution in [1.29, 1.82) is 0 Å². The van der Waals surface area contributed by atoms with Crippen LogP contribution in [-0.4, -0.2) is 19.6 Å². The van der Waals surface area contributed by atoms with Crippen molar-refractivity contribution in [3.8, 4) is 67.5 Å². The maximum absolute atomic E-state index is 12.4. The molecule has 5 heteroatoms. The minimum absolute atomic E-state index is 0. The zero-order valence-electron chi connectivity index (χ0n) is 51.3. The summed E-state index contributed by atoms with van der Waals surface area (Å²) in [5, 5.41) is 12.4. The third-order valence-corrected chi connectivity index (χ3v) is 10.4. The molecule has 0 aliphatic rings. The van der Waals surface area contributed by atoms with E-state index in [0.29, 0.717) is 50.1 Å². The van der Waals surface area contributed by atoms with Gasteiger partial charge in [-0.1, -0.05) is 164 Å². The Morgan fingerprint density at radius 1 is 0.667 bits per heavy atom. The second-order valence-electron chi connectivity index (χ2n) is 16.9. The van der Waals surface area contributed by atoms with E-state index in [1.165, 1.54) is 18.2 Å². The Kier molecular flexibility index (Phi) is 6.97. The van der Waals surface area contributed by atoms with E-state index in [0.717, 1.165) is 5.56 Å². The van der Waals surface area contributed by atoms with Crippen LogP contribution < -0.4 is 0 Å². The first kappa shape index (κ1) is 25.9. The number of aryl methyl sites for hydroxylation is 1. The van der Waals surface area contributed by atoms with Crippen LogP contribution in [0.2, 0.25) is 0 Å². The number of aromatic nitrogens is 3. The number of aromatic hydroxyl groups is 1. The summed E-state index contributed by atoms with van der Waals surface area (Å²) < 4.78 is 148. The van der Waals surface area contributed by atoms with Gasteiger partial charge in [-0.05, 0) is 81.3 Å². The summed E-state index contributed by atoms with van der Waals surface area (Å²) in [6, 6.07) is 24.2. The number of pyridine rings is 1. The van der Waals surface area contributed by atoms with Crippen LogP contribution in [0.25, 0.3) is 72.7 Å². The number of hydrogen-bond donors (Lipinski definition) is 1. The fourth-order valence-corrected chi connectivity index (χ4v) is 7.30. The van der Waals surface area contributed by atoms with Gasteiger partial charge in [-0.25, -0.2) is 4.98 Å². The van der Waals surface area contributed by atoms with Crippen LogP contribution in [0.4, 0.5) is 0 Å². The third kappa shape index (κ3) is 8.28. The molecule has 0 unspecified atom stereocenters. The van der Waals surface area contributed by atoms with Gasteiger partial charge in [0.25, 0.3) is 0 Å². The number of fused-ring (bicyclic) bond motifs is 1. The van der Waals surface area contributed by atoms with Gasteiger partial charge in [-0.15, -0.1) is 29.3 Å². The van der Waals surface area contributed by atoms with Gasteiger partial charge in [0.2, 0.25) is 0 Å². The minimum atomic E-state index is -3.56. The van der Waals surface area contributed by atoms with Gasteiger partial charge in [0.05, 0.1) is 33.3 Å². The molecule has 1 N–H and O–H groups in total. The van der Waals surface area contributed by atoms with Gasteiger partial charge in [0.15, 0.2) is 0 Å². The molecule has 0 fully saturated rings. The molecule has 0 atom stereocenters. The van der Waals surface area contributed by atoms with Crippen molar-refractivity contribution in [2.75, 3.05) is 0 Å². The topological polar surface area (TPSA) is 50.9 Å². The van der Waals surface area contributed by atoms with Crippen molar-refractivity contribution >= 4 is 11.0 Å². The average Bonchev–Trinajstić information content (AvgIpc) is 3.74. The fraction of sp³-hybridized carbons (Fsp3) is 0.236. The molecule has 0 spiro atoms. The van der Waals surface area contributed by atoms with Crippen molar-refractivity contribution in [3.05, 3.63) is 168 Å².